The third-order valence-corrected chi connectivity index (χ3v) is 4.58. The summed E-state index contributed by atoms with van der Waals surface area (Å²) in [6, 6.07) is 14.1. The van der Waals surface area contributed by atoms with Crippen LogP contribution >= 0.6 is 24.4 Å². The van der Waals surface area contributed by atoms with E-state index in [0.717, 1.165) is 32.4 Å². The van der Waals surface area contributed by atoms with Gasteiger partial charge in [-0.05, 0) is 29.3 Å². The molecule has 22 heavy (non-hydrogen) atoms. The molecule has 0 N–H and O–H groups in total. The summed E-state index contributed by atoms with van der Waals surface area (Å²) in [6.45, 7) is 0. The fourth-order valence-electron chi connectivity index (χ4n) is 2.02. The molecule has 0 atom stereocenters. The summed E-state index contributed by atoms with van der Waals surface area (Å²) >= 11 is 5.88. The lowest BCUT2D eigenvalue weighted by atomic mass is 10.1. The van der Waals surface area contributed by atoms with Gasteiger partial charge < -0.3 is 9.47 Å². The molecule has 0 aliphatic rings. The summed E-state index contributed by atoms with van der Waals surface area (Å²) in [5.74, 6) is 2.16. The van der Waals surface area contributed by atoms with Crippen molar-refractivity contribution in [2.45, 2.75) is 22.0 Å². The SMILES string of the molecule is COc1cc(OC)cc(Sc2ccc(CS)cc2CC#N)c1. The van der Waals surface area contributed by atoms with Crippen LogP contribution in [0.15, 0.2) is 46.2 Å². The zero-order valence-corrected chi connectivity index (χ0v) is 14.2. The lowest BCUT2D eigenvalue weighted by Gasteiger charge is -2.11. The van der Waals surface area contributed by atoms with Crippen molar-refractivity contribution in [1.82, 2.24) is 0 Å². The summed E-state index contributed by atoms with van der Waals surface area (Å²) < 4.78 is 10.6. The Morgan fingerprint density at radius 3 is 2.32 bits per heavy atom. The molecule has 0 saturated heterocycles. The standard InChI is InChI=1S/C17H17NO2S2/c1-19-14-8-15(20-2)10-16(9-14)22-17-4-3-12(11-21)7-13(17)5-6-18/h3-4,7-10,21H,5,11H2,1-2H3. The van der Waals surface area contributed by atoms with E-state index in [0.29, 0.717) is 12.2 Å². The number of nitriles is 1. The Balaban J connectivity index is 2.36. The van der Waals surface area contributed by atoms with Crippen molar-refractivity contribution < 1.29 is 9.47 Å². The molecule has 5 heteroatoms. The number of thiol groups is 1. The Morgan fingerprint density at radius 2 is 1.77 bits per heavy atom. The molecule has 0 aliphatic heterocycles. The third-order valence-electron chi connectivity index (χ3n) is 3.13. The maximum absolute atomic E-state index is 9.02. The van der Waals surface area contributed by atoms with E-state index in [2.05, 4.69) is 18.7 Å². The summed E-state index contributed by atoms with van der Waals surface area (Å²) in [6.07, 6.45) is 0.380. The van der Waals surface area contributed by atoms with Crippen molar-refractivity contribution in [1.29, 1.82) is 5.26 Å². The Kier molecular flexibility index (Phi) is 6.05. The van der Waals surface area contributed by atoms with Gasteiger partial charge in [0.15, 0.2) is 0 Å². The molecule has 0 bridgehead atoms. The fraction of sp³-hybridized carbons (Fsp3) is 0.235. The molecule has 0 saturated carbocycles. The Labute approximate surface area is 140 Å². The number of nitrogens with zero attached hydrogens (tertiary/aromatic N) is 1. The van der Waals surface area contributed by atoms with Crippen molar-refractivity contribution in [3.05, 3.63) is 47.5 Å². The Hall–Kier alpha value is -1.77. The van der Waals surface area contributed by atoms with Gasteiger partial charge in [0.1, 0.15) is 11.5 Å². The summed E-state index contributed by atoms with van der Waals surface area (Å²) in [5, 5.41) is 9.02. The van der Waals surface area contributed by atoms with Crippen LogP contribution in [0.1, 0.15) is 11.1 Å². The van der Waals surface area contributed by atoms with Crippen LogP contribution in [0.25, 0.3) is 0 Å². The molecule has 114 valence electrons. The average Bonchev–Trinajstić information content (AvgIpc) is 2.56. The molecule has 0 fully saturated rings. The second-order valence-corrected chi connectivity index (χ2v) is 6.02. The van der Waals surface area contributed by atoms with Gasteiger partial charge in [-0.3, -0.25) is 0 Å². The molecule has 2 aromatic carbocycles. The van der Waals surface area contributed by atoms with Gasteiger partial charge in [-0.1, -0.05) is 23.9 Å². The molecule has 0 aromatic heterocycles. The van der Waals surface area contributed by atoms with Crippen molar-refractivity contribution in [2.75, 3.05) is 14.2 Å². The van der Waals surface area contributed by atoms with E-state index in [-0.39, 0.29) is 0 Å². The largest absolute Gasteiger partial charge is 0.497 e. The molecule has 0 amide bonds. The fourth-order valence-corrected chi connectivity index (χ4v) is 3.22. The van der Waals surface area contributed by atoms with Crippen LogP contribution in [0, 0.1) is 11.3 Å². The van der Waals surface area contributed by atoms with E-state index in [1.807, 2.05) is 36.4 Å². The maximum atomic E-state index is 9.02. The van der Waals surface area contributed by atoms with E-state index < -0.39 is 0 Å². The highest BCUT2D eigenvalue weighted by Crippen LogP contribution is 2.36. The highest BCUT2D eigenvalue weighted by molar-refractivity contribution is 7.99. The van der Waals surface area contributed by atoms with Gasteiger partial charge in [-0.15, -0.1) is 0 Å². The highest BCUT2D eigenvalue weighted by Gasteiger charge is 2.08. The van der Waals surface area contributed by atoms with E-state index in [1.165, 1.54) is 0 Å². The summed E-state index contributed by atoms with van der Waals surface area (Å²) in [5.41, 5.74) is 2.13. The summed E-state index contributed by atoms with van der Waals surface area (Å²) in [4.78, 5) is 2.07. The number of ether oxygens (including phenoxy) is 2. The zero-order chi connectivity index (χ0) is 15.9. The van der Waals surface area contributed by atoms with Crippen molar-refractivity contribution in [2.24, 2.45) is 0 Å². The number of benzene rings is 2. The van der Waals surface area contributed by atoms with Crippen LogP contribution in [0.4, 0.5) is 0 Å². The first-order chi connectivity index (χ1) is 10.7. The Bertz CT molecular complexity index is 673. The van der Waals surface area contributed by atoms with Crippen LogP contribution < -0.4 is 9.47 Å². The van der Waals surface area contributed by atoms with Crippen LogP contribution in [0.3, 0.4) is 0 Å². The molecule has 0 spiro atoms. The van der Waals surface area contributed by atoms with Crippen molar-refractivity contribution in [3.8, 4) is 17.6 Å². The van der Waals surface area contributed by atoms with Crippen LogP contribution in [-0.4, -0.2) is 14.2 Å². The van der Waals surface area contributed by atoms with E-state index in [9.17, 15) is 0 Å². The van der Waals surface area contributed by atoms with Crippen LogP contribution in [-0.2, 0) is 12.2 Å². The van der Waals surface area contributed by atoms with Crippen LogP contribution in [0.5, 0.6) is 11.5 Å². The number of hydrogen-bond acceptors (Lipinski definition) is 5. The van der Waals surface area contributed by atoms with E-state index >= 15 is 0 Å². The van der Waals surface area contributed by atoms with E-state index in [1.54, 1.807) is 26.0 Å². The third kappa shape index (κ3) is 4.12. The first kappa shape index (κ1) is 16.6. The number of methoxy groups -OCH3 is 2. The minimum absolute atomic E-state index is 0.380. The van der Waals surface area contributed by atoms with Gasteiger partial charge in [0.05, 0.1) is 26.7 Å². The molecule has 0 unspecified atom stereocenters. The van der Waals surface area contributed by atoms with Crippen LogP contribution in [0.2, 0.25) is 0 Å². The molecule has 2 aromatic rings. The van der Waals surface area contributed by atoms with Crippen molar-refractivity contribution in [3.63, 3.8) is 0 Å². The maximum Gasteiger partial charge on any atom is 0.123 e. The number of hydrogen-bond donors (Lipinski definition) is 1. The van der Waals surface area contributed by atoms with Gasteiger partial charge in [0, 0.05) is 21.6 Å². The monoisotopic (exact) mass is 331 g/mol. The Morgan fingerprint density at radius 1 is 1.09 bits per heavy atom. The van der Waals surface area contributed by atoms with E-state index in [4.69, 9.17) is 14.7 Å². The lowest BCUT2D eigenvalue weighted by molar-refractivity contribution is 0.392. The van der Waals surface area contributed by atoms with Gasteiger partial charge in [0.25, 0.3) is 0 Å². The highest BCUT2D eigenvalue weighted by atomic mass is 32.2. The molecule has 0 radical (unpaired) electrons. The van der Waals surface area contributed by atoms with Gasteiger partial charge in [-0.2, -0.15) is 17.9 Å². The first-order valence-electron chi connectivity index (χ1n) is 6.70. The molecule has 2 rings (SSSR count). The van der Waals surface area contributed by atoms with Gasteiger partial charge >= 0.3 is 0 Å². The minimum Gasteiger partial charge on any atom is -0.497 e. The first-order valence-corrected chi connectivity index (χ1v) is 8.15. The molecule has 0 aliphatic carbocycles. The predicted molar refractivity (Wildman–Crippen MR) is 92.1 cm³/mol. The molecular formula is C17H17NO2S2. The summed E-state index contributed by atoms with van der Waals surface area (Å²) in [7, 11) is 3.26. The molecule has 3 nitrogen and oxygen atoms in total. The molecular weight excluding hydrogens is 314 g/mol. The topological polar surface area (TPSA) is 42.2 Å². The lowest BCUT2D eigenvalue weighted by Crippen LogP contribution is -1.91. The molecule has 0 heterocycles. The van der Waals surface area contributed by atoms with Gasteiger partial charge in [0.2, 0.25) is 0 Å². The minimum atomic E-state index is 0.380. The normalized spacial score (nSPS) is 10.1. The smallest absolute Gasteiger partial charge is 0.123 e. The average molecular weight is 331 g/mol. The van der Waals surface area contributed by atoms with Crippen molar-refractivity contribution >= 4 is 24.4 Å². The second-order valence-electron chi connectivity index (χ2n) is 4.59. The number of rotatable bonds is 6. The quantitative estimate of drug-likeness (QED) is 0.799. The second kappa shape index (κ2) is 8.02. The predicted octanol–water partition coefficient (Wildman–Crippen LogP) is 4.35. The van der Waals surface area contributed by atoms with Gasteiger partial charge in [-0.25, -0.2) is 0 Å². The zero-order valence-electron chi connectivity index (χ0n) is 12.5.